The Bertz CT molecular complexity index is 915. The maximum absolute atomic E-state index is 13.1. The van der Waals surface area contributed by atoms with Crippen LogP contribution in [0.1, 0.15) is 31.9 Å². The summed E-state index contributed by atoms with van der Waals surface area (Å²) in [5, 5.41) is 0. The van der Waals surface area contributed by atoms with Gasteiger partial charge >= 0.3 is 18.3 Å². The molecule has 7 nitrogen and oxygen atoms in total. The number of carbonyl (C=O) groups excluding carboxylic acids is 1. The maximum atomic E-state index is 13.1. The van der Waals surface area contributed by atoms with Gasteiger partial charge in [-0.1, -0.05) is 12.1 Å². The van der Waals surface area contributed by atoms with Gasteiger partial charge in [0.25, 0.3) is 0 Å². The van der Waals surface area contributed by atoms with E-state index in [-0.39, 0.29) is 25.7 Å². The molecule has 1 saturated heterocycles. The number of rotatable bonds is 5. The average molecular weight is 457 g/mol. The van der Waals surface area contributed by atoms with E-state index in [2.05, 4.69) is 9.97 Å². The first-order valence-corrected chi connectivity index (χ1v) is 9.80. The predicted octanol–water partition coefficient (Wildman–Crippen LogP) is 4.22. The molecule has 1 aliphatic rings. The first-order valence-electron chi connectivity index (χ1n) is 9.80. The van der Waals surface area contributed by atoms with Gasteiger partial charge in [0.1, 0.15) is 17.8 Å². The molecule has 2 heterocycles. The first-order chi connectivity index (χ1) is 14.9. The summed E-state index contributed by atoms with van der Waals surface area (Å²) in [7, 11) is 0. The fraction of sp³-hybridized carbons (Fsp3) is 0.476. The van der Waals surface area contributed by atoms with Crippen molar-refractivity contribution in [3.05, 3.63) is 53.6 Å². The molecule has 0 bridgehead atoms. The van der Waals surface area contributed by atoms with E-state index in [0.29, 0.717) is 5.56 Å². The summed E-state index contributed by atoms with van der Waals surface area (Å²) in [6.07, 6.45) is -4.43. The molecule has 32 heavy (non-hydrogen) atoms. The Balaban J connectivity index is 1.69. The van der Waals surface area contributed by atoms with Gasteiger partial charge in [0.2, 0.25) is 0 Å². The number of carbonyl (C=O) groups is 1. The van der Waals surface area contributed by atoms with E-state index in [1.54, 1.807) is 20.8 Å². The number of hydrogen-bond donors (Lipinski definition) is 0. The number of aromatic nitrogens is 2. The maximum Gasteiger partial charge on any atom is 0.416 e. The quantitative estimate of drug-likeness (QED) is 0.626. The van der Waals surface area contributed by atoms with Crippen LogP contribution in [0.3, 0.4) is 0 Å². The number of benzene rings is 1. The number of nitrogens with zero attached hydrogens (tertiary/aromatic N) is 3. The van der Waals surface area contributed by atoms with Crippen molar-refractivity contribution in [2.45, 2.75) is 51.4 Å². The van der Waals surface area contributed by atoms with E-state index >= 15 is 0 Å². The molecule has 1 aromatic heterocycles. The van der Waals surface area contributed by atoms with Crippen molar-refractivity contribution < 1.29 is 36.6 Å². The third kappa shape index (κ3) is 6.52. The van der Waals surface area contributed by atoms with Gasteiger partial charge in [0.15, 0.2) is 5.82 Å². The average Bonchev–Trinajstić information content (AvgIpc) is 3.09. The summed E-state index contributed by atoms with van der Waals surface area (Å²) in [5.74, 6) is -0.630. The van der Waals surface area contributed by atoms with Crippen LogP contribution in [0.5, 0.6) is 6.01 Å². The fourth-order valence-electron chi connectivity index (χ4n) is 2.98. The predicted molar refractivity (Wildman–Crippen MR) is 104 cm³/mol. The smallest absolute Gasteiger partial charge is 0.416 e. The second-order valence-corrected chi connectivity index (χ2v) is 8.27. The Labute approximate surface area is 182 Å². The third-order valence-corrected chi connectivity index (χ3v) is 4.47. The molecule has 1 fully saturated rings. The number of ether oxygens (including phenoxy) is 3. The van der Waals surface area contributed by atoms with Crippen molar-refractivity contribution >= 4 is 6.09 Å². The molecule has 0 radical (unpaired) electrons. The lowest BCUT2D eigenvalue weighted by Crippen LogP contribution is -2.36. The minimum atomic E-state index is -4.42. The van der Waals surface area contributed by atoms with Crippen LogP contribution < -0.4 is 4.74 Å². The van der Waals surface area contributed by atoms with Crippen LogP contribution in [0.15, 0.2) is 36.7 Å². The Morgan fingerprint density at radius 2 is 1.66 bits per heavy atom. The lowest BCUT2D eigenvalue weighted by molar-refractivity contribution is -0.137. The van der Waals surface area contributed by atoms with E-state index in [9.17, 15) is 22.4 Å². The molecule has 0 unspecified atom stereocenters. The lowest BCUT2D eigenvalue weighted by atomic mass is 10.1. The molecule has 0 N–H and O–H groups in total. The Hall–Kier alpha value is -2.95. The Morgan fingerprint density at radius 1 is 1.06 bits per heavy atom. The topological polar surface area (TPSA) is 73.8 Å². The van der Waals surface area contributed by atoms with Crippen molar-refractivity contribution in [2.24, 2.45) is 0 Å². The van der Waals surface area contributed by atoms with Crippen LogP contribution in [0.4, 0.5) is 22.4 Å². The van der Waals surface area contributed by atoms with Gasteiger partial charge in [-0.05, 0) is 38.5 Å². The first kappa shape index (κ1) is 23.7. The Morgan fingerprint density at radius 3 is 2.22 bits per heavy atom. The molecule has 2 atom stereocenters. The third-order valence-electron chi connectivity index (χ3n) is 4.47. The van der Waals surface area contributed by atoms with Crippen molar-refractivity contribution in [1.82, 2.24) is 14.9 Å². The van der Waals surface area contributed by atoms with Gasteiger partial charge in [-0.25, -0.2) is 19.2 Å². The van der Waals surface area contributed by atoms with Crippen LogP contribution >= 0.6 is 0 Å². The van der Waals surface area contributed by atoms with Crippen molar-refractivity contribution in [2.75, 3.05) is 13.1 Å². The van der Waals surface area contributed by atoms with Crippen molar-refractivity contribution in [3.8, 4) is 6.01 Å². The second kappa shape index (κ2) is 9.27. The molecular formula is C21H23F4N3O4. The molecule has 11 heteroatoms. The van der Waals surface area contributed by atoms with Crippen LogP contribution in [0, 0.1) is 5.82 Å². The summed E-state index contributed by atoms with van der Waals surface area (Å²) in [4.78, 5) is 21.4. The van der Waals surface area contributed by atoms with Crippen LogP contribution in [-0.2, 0) is 22.3 Å². The van der Waals surface area contributed by atoms with Crippen LogP contribution in [0.25, 0.3) is 0 Å². The Kier molecular flexibility index (Phi) is 6.87. The monoisotopic (exact) mass is 457 g/mol. The highest BCUT2D eigenvalue weighted by Gasteiger charge is 2.40. The van der Waals surface area contributed by atoms with Gasteiger partial charge in [-0.15, -0.1) is 0 Å². The minimum Gasteiger partial charge on any atom is -0.455 e. The molecule has 0 saturated carbocycles. The zero-order chi connectivity index (χ0) is 23.5. The van der Waals surface area contributed by atoms with Crippen LogP contribution in [-0.4, -0.2) is 51.9 Å². The molecular weight excluding hydrogens is 434 g/mol. The van der Waals surface area contributed by atoms with Gasteiger partial charge in [0, 0.05) is 0 Å². The number of hydrogen-bond acceptors (Lipinski definition) is 6. The molecule has 3 rings (SSSR count). The molecule has 2 aromatic rings. The summed E-state index contributed by atoms with van der Waals surface area (Å²) < 4.78 is 68.2. The zero-order valence-corrected chi connectivity index (χ0v) is 17.7. The van der Waals surface area contributed by atoms with Crippen molar-refractivity contribution in [1.29, 1.82) is 0 Å². The normalized spacial score (nSPS) is 19.2. The van der Waals surface area contributed by atoms with Crippen LogP contribution in [0.2, 0.25) is 0 Å². The van der Waals surface area contributed by atoms with E-state index < -0.39 is 41.5 Å². The van der Waals surface area contributed by atoms with Crippen molar-refractivity contribution in [3.63, 3.8) is 0 Å². The highest BCUT2D eigenvalue weighted by molar-refractivity contribution is 5.68. The van der Waals surface area contributed by atoms with E-state index in [0.717, 1.165) is 24.5 Å². The summed E-state index contributed by atoms with van der Waals surface area (Å²) in [6, 6.07) is 4.50. The summed E-state index contributed by atoms with van der Waals surface area (Å²) in [6.45, 7) is 5.43. The summed E-state index contributed by atoms with van der Waals surface area (Å²) in [5.41, 5.74) is -0.939. The fourth-order valence-corrected chi connectivity index (χ4v) is 2.98. The molecule has 0 spiro atoms. The SMILES string of the molecule is CC(C)(C)OC(=O)N1C[C@@H](OCc2ccc(C(F)(F)F)cc2)[C@H](Oc2ncc(F)cn2)C1. The van der Waals surface area contributed by atoms with E-state index in [1.165, 1.54) is 17.0 Å². The minimum absolute atomic E-state index is 0.00486. The van der Waals surface area contributed by atoms with Gasteiger partial charge < -0.3 is 19.1 Å². The second-order valence-electron chi connectivity index (χ2n) is 8.27. The zero-order valence-electron chi connectivity index (χ0n) is 17.7. The highest BCUT2D eigenvalue weighted by Crippen LogP contribution is 2.29. The molecule has 0 aliphatic carbocycles. The van der Waals surface area contributed by atoms with Gasteiger partial charge in [0.05, 0.1) is 37.7 Å². The number of likely N-dealkylation sites (tertiary alicyclic amines) is 1. The summed E-state index contributed by atoms with van der Waals surface area (Å²) >= 11 is 0. The van der Waals surface area contributed by atoms with Gasteiger partial charge in [-0.2, -0.15) is 13.2 Å². The van der Waals surface area contributed by atoms with Gasteiger partial charge in [-0.3, -0.25) is 0 Å². The molecule has 1 aliphatic heterocycles. The highest BCUT2D eigenvalue weighted by atomic mass is 19.4. The number of alkyl halides is 3. The molecule has 174 valence electrons. The van der Waals surface area contributed by atoms with E-state index in [4.69, 9.17) is 14.2 Å². The number of halogens is 4. The molecule has 1 amide bonds. The molecule has 1 aromatic carbocycles. The largest absolute Gasteiger partial charge is 0.455 e. The van der Waals surface area contributed by atoms with E-state index in [1.807, 2.05) is 0 Å². The lowest BCUT2D eigenvalue weighted by Gasteiger charge is -2.24. The number of amides is 1. The standard InChI is InChI=1S/C21H23F4N3O4/c1-20(2,3)32-19(29)28-10-16(17(11-28)31-18-26-8-15(22)9-27-18)30-12-13-4-6-14(7-5-13)21(23,24)25/h4-9,16-17H,10-12H2,1-3H3/t16-,17-/m1/s1.